The van der Waals surface area contributed by atoms with E-state index >= 15 is 0 Å². The van der Waals surface area contributed by atoms with Crippen molar-refractivity contribution in [2.45, 2.75) is 18.9 Å². The lowest BCUT2D eigenvalue weighted by Gasteiger charge is -2.08. The van der Waals surface area contributed by atoms with E-state index in [1.165, 1.54) is 0 Å². The van der Waals surface area contributed by atoms with E-state index in [0.717, 1.165) is 11.1 Å². The number of hydrogen-bond acceptors (Lipinski definition) is 3. The summed E-state index contributed by atoms with van der Waals surface area (Å²) in [6.45, 7) is 0. The zero-order valence-electron chi connectivity index (χ0n) is 12.0. The monoisotopic (exact) mass is 298 g/mol. The summed E-state index contributed by atoms with van der Waals surface area (Å²) in [6, 6.07) is 16.4. The molecule has 2 aromatic carbocycles. The Morgan fingerprint density at radius 1 is 1.00 bits per heavy atom. The Balaban J connectivity index is 1.91. The lowest BCUT2D eigenvalue weighted by molar-refractivity contribution is -0.125. The number of amides is 2. The van der Waals surface area contributed by atoms with Crippen LogP contribution in [-0.4, -0.2) is 23.0 Å². The Bertz CT molecular complexity index is 639. The van der Waals surface area contributed by atoms with E-state index in [1.54, 1.807) is 24.3 Å². The third-order valence-electron chi connectivity index (χ3n) is 3.20. The molecular formula is C17H18N2O3. The largest absolute Gasteiger partial charge is 0.383 e. The fourth-order valence-electron chi connectivity index (χ4n) is 2.03. The van der Waals surface area contributed by atoms with Crippen LogP contribution >= 0.6 is 0 Å². The number of benzene rings is 2. The molecule has 0 aliphatic rings. The average molecular weight is 298 g/mol. The maximum Gasteiger partial charge on any atom is 0.246 e. The molecule has 0 bridgehead atoms. The highest BCUT2D eigenvalue weighted by atomic mass is 16.3. The van der Waals surface area contributed by atoms with Gasteiger partial charge < -0.3 is 16.2 Å². The standard InChI is InChI=1S/C17H18N2O3/c18-17(22)15(20)10-13-6-8-14(9-7-13)19-16(21)11-12-4-2-1-3-5-12/h1-9,15,20H,10-11H2,(H2,18,22)(H,19,21). The molecule has 1 unspecified atom stereocenters. The van der Waals surface area contributed by atoms with Crippen LogP contribution < -0.4 is 11.1 Å². The van der Waals surface area contributed by atoms with E-state index < -0.39 is 12.0 Å². The molecule has 0 radical (unpaired) electrons. The molecule has 114 valence electrons. The minimum Gasteiger partial charge on any atom is -0.383 e. The van der Waals surface area contributed by atoms with Gasteiger partial charge in [0.1, 0.15) is 6.10 Å². The number of primary amides is 1. The van der Waals surface area contributed by atoms with Gasteiger partial charge in [-0.15, -0.1) is 0 Å². The number of nitrogens with one attached hydrogen (secondary N) is 1. The molecule has 5 heteroatoms. The van der Waals surface area contributed by atoms with Gasteiger partial charge in [-0.1, -0.05) is 42.5 Å². The summed E-state index contributed by atoms with van der Waals surface area (Å²) in [6.07, 6.45) is -0.727. The van der Waals surface area contributed by atoms with Gasteiger partial charge in [-0.05, 0) is 23.3 Å². The lowest BCUT2D eigenvalue weighted by atomic mass is 10.1. The van der Waals surface area contributed by atoms with Crippen LogP contribution in [0.25, 0.3) is 0 Å². The zero-order chi connectivity index (χ0) is 15.9. The first kappa shape index (κ1) is 15.7. The normalized spacial score (nSPS) is 11.7. The quantitative estimate of drug-likeness (QED) is 0.749. The van der Waals surface area contributed by atoms with E-state index in [2.05, 4.69) is 5.32 Å². The van der Waals surface area contributed by atoms with Crippen molar-refractivity contribution >= 4 is 17.5 Å². The van der Waals surface area contributed by atoms with Crippen molar-refractivity contribution in [1.82, 2.24) is 0 Å². The van der Waals surface area contributed by atoms with Gasteiger partial charge in [0.05, 0.1) is 6.42 Å². The number of nitrogens with two attached hydrogens (primary N) is 1. The van der Waals surface area contributed by atoms with Crippen LogP contribution in [0.3, 0.4) is 0 Å². The number of aliphatic hydroxyl groups is 1. The van der Waals surface area contributed by atoms with Crippen molar-refractivity contribution in [2.75, 3.05) is 5.32 Å². The molecule has 0 aliphatic heterocycles. The number of hydrogen-bond donors (Lipinski definition) is 3. The Hall–Kier alpha value is -2.66. The van der Waals surface area contributed by atoms with Crippen LogP contribution in [0.15, 0.2) is 54.6 Å². The first-order valence-electron chi connectivity index (χ1n) is 6.94. The van der Waals surface area contributed by atoms with Crippen molar-refractivity contribution in [3.8, 4) is 0 Å². The van der Waals surface area contributed by atoms with E-state index in [0.29, 0.717) is 12.1 Å². The number of anilines is 1. The molecule has 0 aliphatic carbocycles. The summed E-state index contributed by atoms with van der Waals surface area (Å²) in [5.41, 5.74) is 7.39. The second-order valence-corrected chi connectivity index (χ2v) is 5.03. The van der Waals surface area contributed by atoms with E-state index in [1.807, 2.05) is 30.3 Å². The lowest BCUT2D eigenvalue weighted by Crippen LogP contribution is -2.29. The van der Waals surface area contributed by atoms with Crippen molar-refractivity contribution in [3.05, 3.63) is 65.7 Å². The molecule has 0 heterocycles. The summed E-state index contributed by atoms with van der Waals surface area (Å²) in [4.78, 5) is 22.7. The minimum absolute atomic E-state index is 0.101. The summed E-state index contributed by atoms with van der Waals surface area (Å²) < 4.78 is 0. The Labute approximate surface area is 128 Å². The second kappa shape index (κ2) is 7.38. The van der Waals surface area contributed by atoms with Gasteiger partial charge in [-0.2, -0.15) is 0 Å². The molecule has 4 N–H and O–H groups in total. The number of carbonyl (C=O) groups is 2. The molecule has 22 heavy (non-hydrogen) atoms. The molecule has 2 aromatic rings. The first-order chi connectivity index (χ1) is 10.5. The zero-order valence-corrected chi connectivity index (χ0v) is 12.0. The fourth-order valence-corrected chi connectivity index (χ4v) is 2.03. The average Bonchev–Trinajstić information content (AvgIpc) is 2.50. The number of rotatable bonds is 6. The smallest absolute Gasteiger partial charge is 0.246 e. The molecule has 1 atom stereocenters. The maximum atomic E-state index is 11.9. The molecule has 0 saturated heterocycles. The molecule has 2 rings (SSSR count). The Morgan fingerprint density at radius 2 is 1.64 bits per heavy atom. The summed E-state index contributed by atoms with van der Waals surface area (Å²) >= 11 is 0. The summed E-state index contributed by atoms with van der Waals surface area (Å²) in [7, 11) is 0. The van der Waals surface area contributed by atoms with Gasteiger partial charge in [0, 0.05) is 12.1 Å². The molecule has 2 amide bonds. The molecule has 0 aromatic heterocycles. The van der Waals surface area contributed by atoms with Gasteiger partial charge in [0.15, 0.2) is 0 Å². The topological polar surface area (TPSA) is 92.4 Å². The van der Waals surface area contributed by atoms with Gasteiger partial charge >= 0.3 is 0 Å². The van der Waals surface area contributed by atoms with Crippen LogP contribution in [0, 0.1) is 0 Å². The molecule has 5 nitrogen and oxygen atoms in total. The van der Waals surface area contributed by atoms with Crippen molar-refractivity contribution in [2.24, 2.45) is 5.73 Å². The molecule has 0 fully saturated rings. The van der Waals surface area contributed by atoms with Crippen LogP contribution in [0.4, 0.5) is 5.69 Å². The van der Waals surface area contributed by atoms with Gasteiger partial charge in [0.2, 0.25) is 11.8 Å². The minimum atomic E-state index is -1.20. The number of aliphatic hydroxyl groups excluding tert-OH is 1. The van der Waals surface area contributed by atoms with Crippen molar-refractivity contribution in [1.29, 1.82) is 0 Å². The van der Waals surface area contributed by atoms with Crippen LogP contribution in [-0.2, 0) is 22.4 Å². The van der Waals surface area contributed by atoms with Gasteiger partial charge in [0.25, 0.3) is 0 Å². The van der Waals surface area contributed by atoms with Crippen molar-refractivity contribution in [3.63, 3.8) is 0 Å². The van der Waals surface area contributed by atoms with Crippen LogP contribution in [0.5, 0.6) is 0 Å². The highest BCUT2D eigenvalue weighted by Crippen LogP contribution is 2.12. The summed E-state index contributed by atoms with van der Waals surface area (Å²) in [5.74, 6) is -0.851. The van der Waals surface area contributed by atoms with Crippen LogP contribution in [0.2, 0.25) is 0 Å². The molecule has 0 spiro atoms. The van der Waals surface area contributed by atoms with Gasteiger partial charge in [-0.3, -0.25) is 9.59 Å². The molecule has 0 saturated carbocycles. The Kier molecular flexibility index (Phi) is 5.27. The summed E-state index contributed by atoms with van der Waals surface area (Å²) in [5, 5.41) is 12.2. The predicted molar refractivity (Wildman–Crippen MR) is 84.1 cm³/mol. The first-order valence-corrected chi connectivity index (χ1v) is 6.94. The SMILES string of the molecule is NC(=O)C(O)Cc1ccc(NC(=O)Cc2ccccc2)cc1. The highest BCUT2D eigenvalue weighted by Gasteiger charge is 2.11. The predicted octanol–water partition coefficient (Wildman–Crippen LogP) is 1.26. The highest BCUT2D eigenvalue weighted by molar-refractivity contribution is 5.92. The number of carbonyl (C=O) groups excluding carboxylic acids is 2. The van der Waals surface area contributed by atoms with Gasteiger partial charge in [-0.25, -0.2) is 0 Å². The van der Waals surface area contributed by atoms with Crippen molar-refractivity contribution < 1.29 is 14.7 Å². The molecular weight excluding hydrogens is 280 g/mol. The fraction of sp³-hybridized carbons (Fsp3) is 0.176. The maximum absolute atomic E-state index is 11.9. The van der Waals surface area contributed by atoms with Crippen LogP contribution in [0.1, 0.15) is 11.1 Å². The second-order valence-electron chi connectivity index (χ2n) is 5.03. The third-order valence-corrected chi connectivity index (χ3v) is 3.20. The van der Waals surface area contributed by atoms with E-state index in [4.69, 9.17) is 5.73 Å². The Morgan fingerprint density at radius 3 is 2.23 bits per heavy atom. The third kappa shape index (κ3) is 4.71. The van der Waals surface area contributed by atoms with E-state index in [-0.39, 0.29) is 12.3 Å². The van der Waals surface area contributed by atoms with E-state index in [9.17, 15) is 14.7 Å².